The summed E-state index contributed by atoms with van der Waals surface area (Å²) >= 11 is 0. The fourth-order valence-corrected chi connectivity index (χ4v) is 4.70. The van der Waals surface area contributed by atoms with Gasteiger partial charge in [0.25, 0.3) is 0 Å². The molecule has 3 aliphatic rings. The Kier molecular flexibility index (Phi) is 4.98. The van der Waals surface area contributed by atoms with Gasteiger partial charge in [-0.1, -0.05) is 30.3 Å². The Morgan fingerprint density at radius 1 is 1.13 bits per heavy atom. The fraction of sp³-hybridized carbons (Fsp3) is 0.632. The summed E-state index contributed by atoms with van der Waals surface area (Å²) in [5.74, 6) is 0.835. The number of carbonyl (C=O) groups excluding carboxylic acids is 1. The predicted octanol–water partition coefficient (Wildman–Crippen LogP) is 3.52. The van der Waals surface area contributed by atoms with Crippen molar-refractivity contribution in [2.24, 2.45) is 5.92 Å². The Morgan fingerprint density at radius 2 is 1.78 bits per heavy atom. The third kappa shape index (κ3) is 3.41. The minimum absolute atomic E-state index is 0. The van der Waals surface area contributed by atoms with Crippen LogP contribution in [0.15, 0.2) is 30.3 Å². The number of hydrogen-bond donors (Lipinski definition) is 2. The number of piperidine rings is 1. The molecule has 1 saturated carbocycles. The van der Waals surface area contributed by atoms with E-state index in [0.29, 0.717) is 24.4 Å². The monoisotopic (exact) mass is 334 g/mol. The zero-order valence-corrected chi connectivity index (χ0v) is 14.4. The second-order valence-electron chi connectivity index (χ2n) is 7.53. The van der Waals surface area contributed by atoms with Crippen molar-refractivity contribution in [3.8, 4) is 0 Å². The van der Waals surface area contributed by atoms with Crippen molar-refractivity contribution in [2.45, 2.75) is 69.0 Å². The first kappa shape index (κ1) is 16.8. The number of carbonyl (C=O) groups is 1. The first-order valence-electron chi connectivity index (χ1n) is 8.86. The van der Waals surface area contributed by atoms with Crippen LogP contribution in [0.1, 0.15) is 56.9 Å². The van der Waals surface area contributed by atoms with Crippen LogP contribution in [-0.4, -0.2) is 18.0 Å². The molecule has 4 rings (SSSR count). The second kappa shape index (κ2) is 6.82. The summed E-state index contributed by atoms with van der Waals surface area (Å²) in [6, 6.07) is 11.8. The number of nitrogens with one attached hydrogen (secondary N) is 2. The number of hydrogen-bond acceptors (Lipinski definition) is 2. The van der Waals surface area contributed by atoms with Gasteiger partial charge in [0.2, 0.25) is 5.91 Å². The van der Waals surface area contributed by atoms with Crippen molar-refractivity contribution in [3.05, 3.63) is 35.9 Å². The number of fused-ring (bicyclic) bond motifs is 2. The lowest BCUT2D eigenvalue weighted by molar-refractivity contribution is -0.125. The molecule has 0 spiro atoms. The maximum Gasteiger partial charge on any atom is 0.220 e. The molecule has 23 heavy (non-hydrogen) atoms. The van der Waals surface area contributed by atoms with E-state index in [0.717, 1.165) is 12.8 Å². The van der Waals surface area contributed by atoms with E-state index in [9.17, 15) is 4.79 Å². The van der Waals surface area contributed by atoms with E-state index < -0.39 is 0 Å². The Balaban J connectivity index is 0.00000156. The van der Waals surface area contributed by atoms with E-state index in [-0.39, 0.29) is 23.9 Å². The van der Waals surface area contributed by atoms with Gasteiger partial charge in [0, 0.05) is 18.5 Å². The average molecular weight is 335 g/mol. The highest BCUT2D eigenvalue weighted by Crippen LogP contribution is 2.41. The van der Waals surface area contributed by atoms with Gasteiger partial charge in [0.1, 0.15) is 0 Å². The maximum absolute atomic E-state index is 12.6. The Morgan fingerprint density at radius 3 is 2.35 bits per heavy atom. The molecule has 0 radical (unpaired) electrons. The first-order chi connectivity index (χ1) is 10.7. The van der Waals surface area contributed by atoms with Crippen LogP contribution in [0.5, 0.6) is 0 Å². The van der Waals surface area contributed by atoms with Crippen molar-refractivity contribution >= 4 is 18.3 Å². The van der Waals surface area contributed by atoms with Gasteiger partial charge in [-0.05, 0) is 56.4 Å². The molecule has 2 heterocycles. The highest BCUT2D eigenvalue weighted by Gasteiger charge is 2.41. The third-order valence-electron chi connectivity index (χ3n) is 5.96. The molecule has 1 aromatic carbocycles. The highest BCUT2D eigenvalue weighted by atomic mass is 35.5. The minimum atomic E-state index is -0.0791. The molecule has 2 atom stereocenters. The summed E-state index contributed by atoms with van der Waals surface area (Å²) in [5, 5.41) is 7.04. The quantitative estimate of drug-likeness (QED) is 0.884. The van der Waals surface area contributed by atoms with Gasteiger partial charge in [-0.25, -0.2) is 0 Å². The molecule has 0 aromatic heterocycles. The van der Waals surface area contributed by atoms with Gasteiger partial charge < -0.3 is 10.6 Å². The van der Waals surface area contributed by atoms with Gasteiger partial charge in [-0.3, -0.25) is 4.79 Å². The molecule has 126 valence electrons. The maximum atomic E-state index is 12.6. The van der Waals surface area contributed by atoms with Gasteiger partial charge in [0.15, 0.2) is 0 Å². The molecule has 2 N–H and O–H groups in total. The summed E-state index contributed by atoms with van der Waals surface area (Å²) in [7, 11) is 0. The average Bonchev–Trinajstić information content (AvgIpc) is 2.83. The second-order valence-corrected chi connectivity index (χ2v) is 7.53. The van der Waals surface area contributed by atoms with Crippen molar-refractivity contribution in [3.63, 3.8) is 0 Å². The van der Waals surface area contributed by atoms with Crippen molar-refractivity contribution in [2.75, 3.05) is 0 Å². The molecule has 4 heteroatoms. The smallest absolute Gasteiger partial charge is 0.220 e. The number of halogens is 1. The lowest BCUT2D eigenvalue weighted by Crippen LogP contribution is -2.51. The standard InChI is InChI=1S/C19H26N2O.ClH/c22-18(13-14-11-16-7-8-17(12-14)20-16)21-19(9-4-10-19)15-5-2-1-3-6-15;/h1-3,5-6,14,16-17,20H,4,7-13H2,(H,21,22);1H. The molecular weight excluding hydrogens is 308 g/mol. The van der Waals surface area contributed by atoms with Gasteiger partial charge >= 0.3 is 0 Å². The fourth-order valence-electron chi connectivity index (χ4n) is 4.70. The summed E-state index contributed by atoms with van der Waals surface area (Å²) in [5.41, 5.74) is 1.20. The van der Waals surface area contributed by atoms with E-state index in [2.05, 4.69) is 34.9 Å². The van der Waals surface area contributed by atoms with Crippen molar-refractivity contribution < 1.29 is 4.79 Å². The summed E-state index contributed by atoms with van der Waals surface area (Å²) in [6.07, 6.45) is 9.06. The normalized spacial score (nSPS) is 30.9. The third-order valence-corrected chi connectivity index (χ3v) is 5.96. The molecule has 2 aliphatic heterocycles. The zero-order valence-electron chi connectivity index (χ0n) is 13.6. The molecule has 1 aliphatic carbocycles. The van der Waals surface area contributed by atoms with Gasteiger partial charge in [-0.15, -0.1) is 12.4 Å². The van der Waals surface area contributed by atoms with E-state index in [1.54, 1.807) is 0 Å². The molecule has 3 fully saturated rings. The van der Waals surface area contributed by atoms with Crippen molar-refractivity contribution in [1.29, 1.82) is 0 Å². The summed E-state index contributed by atoms with van der Waals surface area (Å²) in [4.78, 5) is 12.6. The van der Waals surface area contributed by atoms with E-state index in [4.69, 9.17) is 0 Å². The molecular formula is C19H27ClN2O. The molecule has 1 amide bonds. The van der Waals surface area contributed by atoms with Crippen LogP contribution in [0.4, 0.5) is 0 Å². The zero-order chi connectivity index (χ0) is 15.0. The lowest BCUT2D eigenvalue weighted by atomic mass is 9.71. The number of amides is 1. The molecule has 2 unspecified atom stereocenters. The highest BCUT2D eigenvalue weighted by molar-refractivity contribution is 5.85. The number of rotatable bonds is 4. The van der Waals surface area contributed by atoms with Gasteiger partial charge in [-0.2, -0.15) is 0 Å². The first-order valence-corrected chi connectivity index (χ1v) is 8.86. The van der Waals surface area contributed by atoms with E-state index in [1.165, 1.54) is 37.7 Å². The van der Waals surface area contributed by atoms with Crippen LogP contribution < -0.4 is 10.6 Å². The Labute approximate surface area is 145 Å². The predicted molar refractivity (Wildman–Crippen MR) is 94.6 cm³/mol. The van der Waals surface area contributed by atoms with Crippen LogP contribution in [0, 0.1) is 5.92 Å². The van der Waals surface area contributed by atoms with Crippen molar-refractivity contribution in [1.82, 2.24) is 10.6 Å². The van der Waals surface area contributed by atoms with Crippen LogP contribution in [0.3, 0.4) is 0 Å². The van der Waals surface area contributed by atoms with E-state index >= 15 is 0 Å². The minimum Gasteiger partial charge on any atom is -0.347 e. The van der Waals surface area contributed by atoms with Gasteiger partial charge in [0.05, 0.1) is 5.54 Å². The van der Waals surface area contributed by atoms with Crippen LogP contribution >= 0.6 is 12.4 Å². The topological polar surface area (TPSA) is 41.1 Å². The largest absolute Gasteiger partial charge is 0.347 e. The van der Waals surface area contributed by atoms with Crippen LogP contribution in [-0.2, 0) is 10.3 Å². The van der Waals surface area contributed by atoms with E-state index in [1.807, 2.05) is 6.07 Å². The molecule has 3 nitrogen and oxygen atoms in total. The Bertz CT molecular complexity index is 532. The lowest BCUT2D eigenvalue weighted by Gasteiger charge is -2.43. The molecule has 2 saturated heterocycles. The summed E-state index contributed by atoms with van der Waals surface area (Å²) < 4.78 is 0. The van der Waals surface area contributed by atoms with Crippen LogP contribution in [0.25, 0.3) is 0 Å². The van der Waals surface area contributed by atoms with Crippen LogP contribution in [0.2, 0.25) is 0 Å². The molecule has 1 aromatic rings. The SMILES string of the molecule is Cl.O=C(CC1CC2CCC(C1)N2)NC1(c2ccccc2)CCC1. The number of benzene rings is 1. The Hall–Kier alpha value is -1.06. The molecule has 2 bridgehead atoms. The summed E-state index contributed by atoms with van der Waals surface area (Å²) in [6.45, 7) is 0.